The summed E-state index contributed by atoms with van der Waals surface area (Å²) in [5.41, 5.74) is 0.565. The number of anilines is 2. The highest BCUT2D eigenvalue weighted by Crippen LogP contribution is 2.30. The predicted molar refractivity (Wildman–Crippen MR) is 96.7 cm³/mol. The molecule has 0 aliphatic carbocycles. The van der Waals surface area contributed by atoms with E-state index in [1.54, 1.807) is 0 Å². The number of rotatable bonds is 4. The summed E-state index contributed by atoms with van der Waals surface area (Å²) in [5, 5.41) is 7.48. The number of alkyl halides is 2. The summed E-state index contributed by atoms with van der Waals surface area (Å²) in [5.74, 6) is 0.541. The molecule has 4 rings (SSSR count). The lowest BCUT2D eigenvalue weighted by atomic mass is 10.2. The third-order valence-electron chi connectivity index (χ3n) is 4.74. The first kappa shape index (κ1) is 17.3. The Balaban J connectivity index is 1.59. The van der Waals surface area contributed by atoms with Gasteiger partial charge < -0.3 is 10.2 Å². The third kappa shape index (κ3) is 3.20. The average molecular weight is 372 g/mol. The second-order valence-electron chi connectivity index (χ2n) is 6.43. The van der Waals surface area contributed by atoms with Crippen LogP contribution in [0.2, 0.25) is 0 Å². The van der Waals surface area contributed by atoms with Crippen LogP contribution in [0.25, 0.3) is 10.9 Å². The minimum Gasteiger partial charge on any atom is -0.344 e. The van der Waals surface area contributed by atoms with Crippen LogP contribution in [-0.4, -0.2) is 38.2 Å². The Morgan fingerprint density at radius 3 is 2.89 bits per heavy atom. The monoisotopic (exact) mass is 372 g/mol. The highest BCUT2D eigenvalue weighted by atomic mass is 19.3. The minimum atomic E-state index is -2.65. The molecule has 1 fully saturated rings. The number of fused-ring (bicyclic) bond motifs is 1. The number of nitrogens with zero attached hydrogens (tertiary/aromatic N) is 5. The molecule has 1 aliphatic rings. The van der Waals surface area contributed by atoms with E-state index in [0.717, 1.165) is 22.0 Å². The topological polar surface area (TPSA) is 75.9 Å². The van der Waals surface area contributed by atoms with Crippen molar-refractivity contribution in [2.75, 3.05) is 16.8 Å². The first-order chi connectivity index (χ1) is 13.0. The first-order valence-electron chi connectivity index (χ1n) is 8.64. The van der Waals surface area contributed by atoms with E-state index in [-0.39, 0.29) is 17.4 Å². The second kappa shape index (κ2) is 6.90. The summed E-state index contributed by atoms with van der Waals surface area (Å²) in [6.07, 6.45) is 0.321. The van der Waals surface area contributed by atoms with Gasteiger partial charge in [-0.15, -0.1) is 0 Å². The fourth-order valence-electron chi connectivity index (χ4n) is 3.47. The third-order valence-corrected chi connectivity index (χ3v) is 4.74. The quantitative estimate of drug-likeness (QED) is 0.762. The average Bonchev–Trinajstić information content (AvgIpc) is 3.28. The van der Waals surface area contributed by atoms with E-state index in [9.17, 15) is 13.6 Å². The van der Waals surface area contributed by atoms with Gasteiger partial charge in [0, 0.05) is 25.0 Å². The van der Waals surface area contributed by atoms with Crippen molar-refractivity contribution in [3.05, 3.63) is 42.4 Å². The molecule has 1 aromatic carbocycles. The van der Waals surface area contributed by atoms with Gasteiger partial charge in [0.15, 0.2) is 5.82 Å². The van der Waals surface area contributed by atoms with Crippen molar-refractivity contribution in [2.24, 2.45) is 7.05 Å². The molecule has 0 spiro atoms. The van der Waals surface area contributed by atoms with Gasteiger partial charge in [0.25, 0.3) is 6.43 Å². The molecule has 1 unspecified atom stereocenters. The van der Waals surface area contributed by atoms with Crippen LogP contribution in [-0.2, 0) is 11.8 Å². The number of halogens is 2. The largest absolute Gasteiger partial charge is 0.344 e. The lowest BCUT2D eigenvalue weighted by molar-refractivity contribution is -0.117. The molecule has 0 radical (unpaired) electrons. The molecule has 7 nitrogen and oxygen atoms in total. The number of carbonyl (C=O) groups excluding carboxylic acids is 1. The first-order valence-corrected chi connectivity index (χ1v) is 8.64. The summed E-state index contributed by atoms with van der Waals surface area (Å²) in [6.45, 7) is 0.684. The van der Waals surface area contributed by atoms with Crippen LogP contribution in [0, 0.1) is 0 Å². The number of para-hydroxylation sites is 1. The number of benzene rings is 1. The fraction of sp³-hybridized carbons (Fsp3) is 0.333. The number of hydrogen-bond donors (Lipinski definition) is 1. The van der Waals surface area contributed by atoms with E-state index in [1.807, 2.05) is 29.2 Å². The smallest absolute Gasteiger partial charge is 0.280 e. The lowest BCUT2D eigenvalue weighted by Crippen LogP contribution is -2.40. The van der Waals surface area contributed by atoms with Crippen molar-refractivity contribution < 1.29 is 13.6 Å². The zero-order chi connectivity index (χ0) is 19.0. The SMILES string of the molecule is Cn1nc(NC(=O)C2CCCN2c2ncnc3ccccc23)cc1C(F)F. The highest BCUT2D eigenvalue weighted by molar-refractivity contribution is 5.98. The lowest BCUT2D eigenvalue weighted by Gasteiger charge is -2.25. The second-order valence-corrected chi connectivity index (χ2v) is 6.43. The van der Waals surface area contributed by atoms with Crippen molar-refractivity contribution in [1.29, 1.82) is 0 Å². The molecule has 0 bridgehead atoms. The van der Waals surface area contributed by atoms with Gasteiger partial charge in [-0.3, -0.25) is 9.48 Å². The van der Waals surface area contributed by atoms with E-state index >= 15 is 0 Å². The van der Waals surface area contributed by atoms with Crippen molar-refractivity contribution in [2.45, 2.75) is 25.3 Å². The number of nitrogens with one attached hydrogen (secondary N) is 1. The van der Waals surface area contributed by atoms with Gasteiger partial charge in [-0.2, -0.15) is 5.10 Å². The molecule has 9 heteroatoms. The number of carbonyl (C=O) groups is 1. The van der Waals surface area contributed by atoms with E-state index in [0.29, 0.717) is 18.8 Å². The maximum atomic E-state index is 12.9. The Hall–Kier alpha value is -3.10. The van der Waals surface area contributed by atoms with Gasteiger partial charge in [0.05, 0.1) is 5.52 Å². The summed E-state index contributed by atoms with van der Waals surface area (Å²) in [7, 11) is 1.42. The maximum absolute atomic E-state index is 12.9. The Bertz CT molecular complexity index is 984. The highest BCUT2D eigenvalue weighted by Gasteiger charge is 2.33. The molecule has 1 amide bonds. The molecule has 1 aliphatic heterocycles. The molecule has 1 N–H and O–H groups in total. The van der Waals surface area contributed by atoms with Gasteiger partial charge >= 0.3 is 0 Å². The Labute approximate surface area is 154 Å². The van der Waals surface area contributed by atoms with Crippen LogP contribution in [0.5, 0.6) is 0 Å². The minimum absolute atomic E-state index is 0.122. The van der Waals surface area contributed by atoms with E-state index in [4.69, 9.17) is 0 Å². The molecular formula is C18H18F2N6O. The van der Waals surface area contributed by atoms with Crippen molar-refractivity contribution in [3.63, 3.8) is 0 Å². The van der Waals surface area contributed by atoms with Crippen LogP contribution < -0.4 is 10.2 Å². The standard InChI is InChI=1S/C18H18F2N6O/c1-25-14(16(19)20)9-15(24-25)23-18(27)13-7-4-8-26(13)17-11-5-2-3-6-12(11)21-10-22-17/h2-3,5-6,9-10,13,16H,4,7-8H2,1H3,(H,23,24,27). The molecule has 27 heavy (non-hydrogen) atoms. The summed E-state index contributed by atoms with van der Waals surface area (Å²) in [4.78, 5) is 23.4. The van der Waals surface area contributed by atoms with Gasteiger partial charge in [-0.25, -0.2) is 18.7 Å². The Morgan fingerprint density at radius 2 is 2.11 bits per heavy atom. The van der Waals surface area contributed by atoms with Crippen LogP contribution in [0.15, 0.2) is 36.7 Å². The molecule has 1 atom stereocenters. The van der Waals surface area contributed by atoms with Crippen LogP contribution in [0.1, 0.15) is 25.0 Å². The predicted octanol–water partition coefficient (Wildman–Crippen LogP) is 2.91. The summed E-state index contributed by atoms with van der Waals surface area (Å²) < 4.78 is 26.9. The van der Waals surface area contributed by atoms with Crippen molar-refractivity contribution in [1.82, 2.24) is 19.7 Å². The fourth-order valence-corrected chi connectivity index (χ4v) is 3.47. The summed E-state index contributed by atoms with van der Waals surface area (Å²) >= 11 is 0. The van der Waals surface area contributed by atoms with Crippen LogP contribution >= 0.6 is 0 Å². The van der Waals surface area contributed by atoms with Crippen LogP contribution in [0.3, 0.4) is 0 Å². The molecular weight excluding hydrogens is 354 g/mol. The number of hydrogen-bond acceptors (Lipinski definition) is 5. The Morgan fingerprint density at radius 1 is 1.30 bits per heavy atom. The van der Waals surface area contributed by atoms with Crippen molar-refractivity contribution >= 4 is 28.4 Å². The number of amides is 1. The van der Waals surface area contributed by atoms with Crippen LogP contribution in [0.4, 0.5) is 20.4 Å². The zero-order valence-corrected chi connectivity index (χ0v) is 14.6. The van der Waals surface area contributed by atoms with Gasteiger partial charge in [-0.1, -0.05) is 12.1 Å². The van der Waals surface area contributed by atoms with Crippen molar-refractivity contribution in [3.8, 4) is 0 Å². The Kier molecular flexibility index (Phi) is 4.43. The van der Waals surface area contributed by atoms with Gasteiger partial charge in [0.1, 0.15) is 23.9 Å². The molecule has 3 heterocycles. The number of aromatic nitrogens is 4. The van der Waals surface area contributed by atoms with E-state index < -0.39 is 12.5 Å². The molecule has 0 saturated carbocycles. The maximum Gasteiger partial charge on any atom is 0.280 e. The zero-order valence-electron chi connectivity index (χ0n) is 14.6. The van der Waals surface area contributed by atoms with Gasteiger partial charge in [-0.05, 0) is 25.0 Å². The van der Waals surface area contributed by atoms with Gasteiger partial charge in [0.2, 0.25) is 5.91 Å². The molecule has 140 valence electrons. The number of aryl methyl sites for hydroxylation is 1. The molecule has 3 aromatic rings. The molecule has 1 saturated heterocycles. The van der Waals surface area contributed by atoms with E-state index in [2.05, 4.69) is 20.4 Å². The normalized spacial score (nSPS) is 17.0. The summed E-state index contributed by atoms with van der Waals surface area (Å²) in [6, 6.07) is 8.37. The molecule has 2 aromatic heterocycles. The van der Waals surface area contributed by atoms with E-state index in [1.165, 1.54) is 19.4 Å².